The Labute approximate surface area is 127 Å². The van der Waals surface area contributed by atoms with Crippen molar-refractivity contribution in [3.05, 3.63) is 56.5 Å². The second-order valence-electron chi connectivity index (χ2n) is 3.77. The van der Waals surface area contributed by atoms with E-state index >= 15 is 0 Å². The van der Waals surface area contributed by atoms with Crippen molar-refractivity contribution in [1.29, 1.82) is 10.5 Å². The van der Waals surface area contributed by atoms with Gasteiger partial charge in [-0.25, -0.2) is 0 Å². The van der Waals surface area contributed by atoms with Crippen LogP contribution in [0.5, 0.6) is 0 Å². The summed E-state index contributed by atoms with van der Waals surface area (Å²) in [6.45, 7) is 0. The van der Waals surface area contributed by atoms with Crippen molar-refractivity contribution in [1.82, 2.24) is 0 Å². The molecule has 0 aromatic heterocycles. The summed E-state index contributed by atoms with van der Waals surface area (Å²) in [4.78, 5) is 0. The topological polar surface area (TPSA) is 59.6 Å². The molecular weight excluding hydrogens is 370 g/mol. The van der Waals surface area contributed by atoms with E-state index in [2.05, 4.69) is 49.3 Å². The van der Waals surface area contributed by atoms with Gasteiger partial charge in [-0.1, -0.05) is 31.9 Å². The molecule has 0 aliphatic rings. The van der Waals surface area contributed by atoms with E-state index in [9.17, 15) is 0 Å². The summed E-state index contributed by atoms with van der Waals surface area (Å²) in [5.41, 5.74) is 2.54. The molecule has 0 radical (unpaired) electrons. The number of halogens is 2. The summed E-state index contributed by atoms with van der Waals surface area (Å²) >= 11 is 6.68. The third-order valence-electron chi connectivity index (χ3n) is 2.41. The molecule has 19 heavy (non-hydrogen) atoms. The lowest BCUT2D eigenvalue weighted by Gasteiger charge is -2.09. The molecule has 2 aromatic carbocycles. The monoisotopic (exact) mass is 375 g/mol. The first-order chi connectivity index (χ1) is 9.12. The smallest absolute Gasteiger partial charge is 0.101 e. The zero-order chi connectivity index (χ0) is 13.8. The molecule has 0 atom stereocenters. The van der Waals surface area contributed by atoms with E-state index in [1.165, 1.54) is 0 Å². The van der Waals surface area contributed by atoms with Crippen molar-refractivity contribution in [2.24, 2.45) is 0 Å². The molecular formula is C14H7Br2N3. The molecule has 2 aromatic rings. The number of nitriles is 2. The van der Waals surface area contributed by atoms with Gasteiger partial charge >= 0.3 is 0 Å². The fourth-order valence-corrected chi connectivity index (χ4v) is 2.45. The normalized spacial score (nSPS) is 9.47. The number of hydrogen-bond acceptors (Lipinski definition) is 3. The number of nitrogens with one attached hydrogen (secondary N) is 1. The van der Waals surface area contributed by atoms with Crippen LogP contribution in [0.15, 0.2) is 45.3 Å². The van der Waals surface area contributed by atoms with Crippen LogP contribution in [-0.2, 0) is 0 Å². The Kier molecular flexibility index (Phi) is 4.21. The molecule has 0 fully saturated rings. The molecule has 0 aliphatic heterocycles. The minimum Gasteiger partial charge on any atom is -0.354 e. The maximum absolute atomic E-state index is 9.10. The molecule has 1 N–H and O–H groups in total. The highest BCUT2D eigenvalue weighted by Crippen LogP contribution is 2.26. The van der Waals surface area contributed by atoms with Crippen molar-refractivity contribution >= 4 is 43.2 Å². The van der Waals surface area contributed by atoms with Crippen molar-refractivity contribution < 1.29 is 0 Å². The first kappa shape index (κ1) is 13.6. The largest absolute Gasteiger partial charge is 0.354 e. The second kappa shape index (κ2) is 5.88. The summed E-state index contributed by atoms with van der Waals surface area (Å²) in [5, 5.41) is 21.2. The summed E-state index contributed by atoms with van der Waals surface area (Å²) in [6, 6.07) is 14.9. The van der Waals surface area contributed by atoms with Crippen molar-refractivity contribution in [3.8, 4) is 12.1 Å². The summed E-state index contributed by atoms with van der Waals surface area (Å²) in [6.07, 6.45) is 0. The number of nitrogens with zero attached hydrogens (tertiary/aromatic N) is 2. The predicted molar refractivity (Wildman–Crippen MR) is 81.0 cm³/mol. The van der Waals surface area contributed by atoms with Gasteiger partial charge in [0.25, 0.3) is 0 Å². The van der Waals surface area contributed by atoms with Gasteiger partial charge in [-0.15, -0.1) is 0 Å². The van der Waals surface area contributed by atoms with Crippen LogP contribution in [0.3, 0.4) is 0 Å². The van der Waals surface area contributed by atoms with Crippen molar-refractivity contribution in [2.75, 3.05) is 5.32 Å². The second-order valence-corrected chi connectivity index (χ2v) is 5.60. The summed E-state index contributed by atoms with van der Waals surface area (Å²) in [7, 11) is 0. The molecule has 0 aliphatic carbocycles. The van der Waals surface area contributed by atoms with Crippen LogP contribution in [0.2, 0.25) is 0 Å². The molecule has 2 rings (SSSR count). The lowest BCUT2D eigenvalue weighted by atomic mass is 10.1. The molecule has 92 valence electrons. The molecule has 5 heteroatoms. The minimum atomic E-state index is 0.535. The Balaban J connectivity index is 2.40. The average molecular weight is 377 g/mol. The number of anilines is 2. The number of rotatable bonds is 2. The van der Waals surface area contributed by atoms with E-state index in [0.717, 1.165) is 14.6 Å². The van der Waals surface area contributed by atoms with E-state index < -0.39 is 0 Å². The zero-order valence-electron chi connectivity index (χ0n) is 9.61. The van der Waals surface area contributed by atoms with Gasteiger partial charge < -0.3 is 5.32 Å². The molecule has 0 saturated carbocycles. The van der Waals surface area contributed by atoms with Gasteiger partial charge in [0.2, 0.25) is 0 Å². The first-order valence-corrected chi connectivity index (χ1v) is 6.88. The molecule has 0 spiro atoms. The van der Waals surface area contributed by atoms with Gasteiger partial charge in [0.05, 0.1) is 22.9 Å². The van der Waals surface area contributed by atoms with Crippen molar-refractivity contribution in [2.45, 2.75) is 0 Å². The summed E-state index contributed by atoms with van der Waals surface area (Å²) < 4.78 is 1.66. The van der Waals surface area contributed by atoms with Crippen LogP contribution in [0, 0.1) is 22.7 Å². The fourth-order valence-electron chi connectivity index (χ4n) is 1.60. The highest BCUT2D eigenvalue weighted by molar-refractivity contribution is 9.10. The van der Waals surface area contributed by atoms with Crippen LogP contribution in [0.25, 0.3) is 0 Å². The zero-order valence-corrected chi connectivity index (χ0v) is 12.8. The lowest BCUT2D eigenvalue weighted by molar-refractivity contribution is 1.43. The third kappa shape index (κ3) is 3.35. The van der Waals surface area contributed by atoms with E-state index in [1.807, 2.05) is 18.2 Å². The van der Waals surface area contributed by atoms with Crippen molar-refractivity contribution in [3.63, 3.8) is 0 Å². The van der Waals surface area contributed by atoms with E-state index in [4.69, 9.17) is 10.5 Å². The van der Waals surface area contributed by atoms with Crippen LogP contribution in [-0.4, -0.2) is 0 Å². The van der Waals surface area contributed by atoms with Crippen LogP contribution < -0.4 is 5.32 Å². The Morgan fingerprint density at radius 2 is 1.68 bits per heavy atom. The Hall–Kier alpha value is -1.82. The molecule has 0 heterocycles. The Morgan fingerprint density at radius 3 is 2.37 bits per heavy atom. The minimum absolute atomic E-state index is 0.535. The Bertz CT molecular complexity index is 712. The van der Waals surface area contributed by atoms with Gasteiger partial charge in [-0.2, -0.15) is 10.5 Å². The average Bonchev–Trinajstić information content (AvgIpc) is 2.40. The standard InChI is InChI=1S/C14H7Br2N3/c15-11-1-2-14(10(5-11)8-18)19-13-4-9(7-17)3-12(16)6-13/h1-6,19H. The van der Waals surface area contributed by atoms with Crippen LogP contribution in [0.1, 0.15) is 11.1 Å². The van der Waals surface area contributed by atoms with Gasteiger partial charge in [0.1, 0.15) is 6.07 Å². The number of benzene rings is 2. The van der Waals surface area contributed by atoms with Gasteiger partial charge in [0, 0.05) is 14.6 Å². The first-order valence-electron chi connectivity index (χ1n) is 5.30. The highest BCUT2D eigenvalue weighted by Gasteiger charge is 2.05. The molecule has 0 unspecified atom stereocenters. The maximum Gasteiger partial charge on any atom is 0.101 e. The van der Waals surface area contributed by atoms with E-state index in [-0.39, 0.29) is 0 Å². The molecule has 0 bridgehead atoms. The van der Waals surface area contributed by atoms with Gasteiger partial charge in [-0.05, 0) is 36.4 Å². The molecule has 0 amide bonds. The lowest BCUT2D eigenvalue weighted by Crippen LogP contribution is -1.94. The maximum atomic E-state index is 9.10. The highest BCUT2D eigenvalue weighted by atomic mass is 79.9. The van der Waals surface area contributed by atoms with E-state index in [0.29, 0.717) is 16.8 Å². The SMILES string of the molecule is N#Cc1cc(Br)cc(Nc2ccc(Br)cc2C#N)c1. The molecule has 3 nitrogen and oxygen atoms in total. The summed E-state index contributed by atoms with van der Waals surface area (Å²) in [5.74, 6) is 0. The van der Waals surface area contributed by atoms with Gasteiger partial charge in [-0.3, -0.25) is 0 Å². The predicted octanol–water partition coefficient (Wildman–Crippen LogP) is 4.70. The van der Waals surface area contributed by atoms with Gasteiger partial charge in [0.15, 0.2) is 0 Å². The third-order valence-corrected chi connectivity index (χ3v) is 3.36. The van der Waals surface area contributed by atoms with E-state index in [1.54, 1.807) is 18.2 Å². The molecule has 0 saturated heterocycles. The van der Waals surface area contributed by atoms with Crippen LogP contribution in [0.4, 0.5) is 11.4 Å². The van der Waals surface area contributed by atoms with Crippen LogP contribution >= 0.6 is 31.9 Å². The quantitative estimate of drug-likeness (QED) is 0.826. The fraction of sp³-hybridized carbons (Fsp3) is 0. The number of hydrogen-bond donors (Lipinski definition) is 1. The Morgan fingerprint density at radius 1 is 0.895 bits per heavy atom.